The fraction of sp³-hybridized carbons (Fsp3) is 0. The Balaban J connectivity index is 2.06. The third kappa shape index (κ3) is 4.14. The van der Waals surface area contributed by atoms with Crippen LogP contribution in [0.5, 0.6) is 0 Å². The van der Waals surface area contributed by atoms with Crippen LogP contribution in [0.2, 0.25) is 0 Å². The maximum Gasteiger partial charge on any atom is 0.248 e. The number of carboxylic acid groups (broad SMARTS) is 1. The molecule has 0 unspecified atom stereocenters. The highest BCUT2D eigenvalue weighted by Gasteiger charge is 2.08. The molecule has 0 aromatic heterocycles. The second-order valence-electron chi connectivity index (χ2n) is 4.41. The van der Waals surface area contributed by atoms with Crippen molar-refractivity contribution in [3.8, 4) is 0 Å². The third-order valence-corrected chi connectivity index (χ3v) is 2.82. The van der Waals surface area contributed by atoms with Crippen molar-refractivity contribution >= 4 is 23.3 Å². The molecule has 0 saturated heterocycles. The zero-order chi connectivity index (χ0) is 15.9. The van der Waals surface area contributed by atoms with E-state index in [9.17, 15) is 19.5 Å². The molecule has 0 aliphatic heterocycles. The average Bonchev–Trinajstić information content (AvgIpc) is 2.54. The van der Waals surface area contributed by atoms with Gasteiger partial charge in [0.25, 0.3) is 0 Å². The summed E-state index contributed by atoms with van der Waals surface area (Å²) in [6.45, 7) is 0. The fourth-order valence-corrected chi connectivity index (χ4v) is 1.79. The Morgan fingerprint density at radius 2 is 1.41 bits per heavy atom. The Hall–Kier alpha value is -3.21. The lowest BCUT2D eigenvalue weighted by atomic mass is 10.0. The lowest BCUT2D eigenvalue weighted by Gasteiger charge is -2.04. The number of aliphatic carboxylic acids is 1. The summed E-state index contributed by atoms with van der Waals surface area (Å²) in [5, 5.41) is 12.7. The number of hydrogen-bond acceptors (Lipinski definition) is 4. The summed E-state index contributed by atoms with van der Waals surface area (Å²) in [5.41, 5.74) is 1.53. The predicted molar refractivity (Wildman–Crippen MR) is 79.1 cm³/mol. The highest BCUT2D eigenvalue weighted by atomic mass is 16.4. The van der Waals surface area contributed by atoms with Crippen LogP contribution in [0.4, 0.5) is 5.69 Å². The van der Waals surface area contributed by atoms with Gasteiger partial charge in [-0.2, -0.15) is 0 Å². The van der Waals surface area contributed by atoms with E-state index in [1.807, 2.05) is 6.07 Å². The van der Waals surface area contributed by atoms with Gasteiger partial charge in [0.1, 0.15) is 0 Å². The predicted octanol–water partition coefficient (Wildman–Crippen LogP) is 1.16. The molecule has 0 saturated carbocycles. The number of carbonyl (C=O) groups is 3. The summed E-state index contributed by atoms with van der Waals surface area (Å²) in [6, 6.07) is 15.2. The molecule has 110 valence electrons. The number of nitrogens with one attached hydrogen (secondary N) is 1. The van der Waals surface area contributed by atoms with Crippen molar-refractivity contribution in [1.29, 1.82) is 0 Å². The molecule has 2 aromatic carbocycles. The number of anilines is 1. The van der Waals surface area contributed by atoms with E-state index in [4.69, 9.17) is 0 Å². The first-order valence-corrected chi connectivity index (χ1v) is 6.46. The Labute approximate surface area is 126 Å². The van der Waals surface area contributed by atoms with Gasteiger partial charge in [0.2, 0.25) is 5.91 Å². The highest BCUT2D eigenvalue weighted by molar-refractivity contribution is 6.09. The molecule has 0 bridgehead atoms. The van der Waals surface area contributed by atoms with Gasteiger partial charge in [-0.25, -0.2) is 0 Å². The lowest BCUT2D eigenvalue weighted by Crippen LogP contribution is -2.20. The monoisotopic (exact) mass is 294 g/mol. The van der Waals surface area contributed by atoms with E-state index in [-0.39, 0.29) is 5.78 Å². The standard InChI is InChI=1S/C17H13NO4/c19-15(10-11-16(20)21)18-14-8-6-13(7-9-14)17(22)12-4-2-1-3-5-12/h1-11H,(H,18,19)(H,20,21)/p-1/b11-10-. The molecular formula is C17H12NO4-. The molecule has 0 aliphatic carbocycles. The molecule has 5 heteroatoms. The van der Waals surface area contributed by atoms with E-state index in [1.54, 1.807) is 48.5 Å². The van der Waals surface area contributed by atoms with E-state index < -0.39 is 11.9 Å². The number of carbonyl (C=O) groups excluding carboxylic acids is 3. The zero-order valence-corrected chi connectivity index (χ0v) is 11.5. The van der Waals surface area contributed by atoms with Gasteiger partial charge in [-0.05, 0) is 30.3 Å². The van der Waals surface area contributed by atoms with Crippen molar-refractivity contribution in [3.63, 3.8) is 0 Å². The number of amides is 1. The first kappa shape index (κ1) is 15.2. The first-order chi connectivity index (χ1) is 10.6. The number of hydrogen-bond donors (Lipinski definition) is 1. The fourth-order valence-electron chi connectivity index (χ4n) is 1.79. The molecule has 1 amide bonds. The van der Waals surface area contributed by atoms with Crippen LogP contribution in [0.3, 0.4) is 0 Å². The topological polar surface area (TPSA) is 86.3 Å². The van der Waals surface area contributed by atoms with Gasteiger partial charge in [0, 0.05) is 22.9 Å². The van der Waals surface area contributed by atoms with E-state index >= 15 is 0 Å². The number of ketones is 1. The van der Waals surface area contributed by atoms with Gasteiger partial charge in [-0.15, -0.1) is 0 Å². The van der Waals surface area contributed by atoms with Gasteiger partial charge in [-0.3, -0.25) is 9.59 Å². The first-order valence-electron chi connectivity index (χ1n) is 6.46. The number of carboxylic acids is 1. The summed E-state index contributed by atoms with van der Waals surface area (Å²) in [7, 11) is 0. The summed E-state index contributed by atoms with van der Waals surface area (Å²) in [6.07, 6.45) is 1.50. The molecule has 0 heterocycles. The maximum absolute atomic E-state index is 12.2. The number of rotatable bonds is 5. The zero-order valence-electron chi connectivity index (χ0n) is 11.5. The van der Waals surface area contributed by atoms with Crippen LogP contribution in [0.15, 0.2) is 66.7 Å². The molecule has 0 fully saturated rings. The van der Waals surface area contributed by atoms with Crippen molar-refractivity contribution in [2.24, 2.45) is 0 Å². The Kier molecular flexibility index (Phi) is 4.82. The van der Waals surface area contributed by atoms with E-state index in [0.29, 0.717) is 22.9 Å². The molecule has 5 nitrogen and oxygen atoms in total. The van der Waals surface area contributed by atoms with Crippen molar-refractivity contribution in [3.05, 3.63) is 77.9 Å². The molecule has 2 aromatic rings. The molecule has 0 radical (unpaired) electrons. The second kappa shape index (κ2) is 6.99. The molecule has 0 atom stereocenters. The second-order valence-corrected chi connectivity index (χ2v) is 4.41. The number of benzene rings is 2. The van der Waals surface area contributed by atoms with Crippen LogP contribution in [0.1, 0.15) is 15.9 Å². The van der Waals surface area contributed by atoms with Gasteiger partial charge in [-0.1, -0.05) is 30.3 Å². The normalized spacial score (nSPS) is 10.4. The molecule has 2 rings (SSSR count). The van der Waals surface area contributed by atoms with Gasteiger partial charge in [0.15, 0.2) is 5.78 Å². The van der Waals surface area contributed by atoms with Crippen molar-refractivity contribution in [2.45, 2.75) is 0 Å². The molecule has 0 spiro atoms. The van der Waals surface area contributed by atoms with Gasteiger partial charge >= 0.3 is 0 Å². The highest BCUT2D eigenvalue weighted by Crippen LogP contribution is 2.13. The van der Waals surface area contributed by atoms with Crippen molar-refractivity contribution < 1.29 is 19.5 Å². The summed E-state index contributed by atoms with van der Waals surface area (Å²) < 4.78 is 0. The van der Waals surface area contributed by atoms with Crippen LogP contribution in [0.25, 0.3) is 0 Å². The van der Waals surface area contributed by atoms with Crippen molar-refractivity contribution in [2.75, 3.05) is 5.32 Å². The summed E-state index contributed by atoms with van der Waals surface area (Å²) in [4.78, 5) is 33.8. The largest absolute Gasteiger partial charge is 0.545 e. The minimum absolute atomic E-state index is 0.115. The minimum atomic E-state index is -1.45. The molecule has 22 heavy (non-hydrogen) atoms. The third-order valence-electron chi connectivity index (χ3n) is 2.82. The molecule has 1 N–H and O–H groups in total. The van der Waals surface area contributed by atoms with Gasteiger partial charge in [0.05, 0.1) is 5.97 Å². The summed E-state index contributed by atoms with van der Waals surface area (Å²) in [5.74, 6) is -2.15. The van der Waals surface area contributed by atoms with Crippen LogP contribution >= 0.6 is 0 Å². The lowest BCUT2D eigenvalue weighted by molar-refractivity contribution is -0.297. The van der Waals surface area contributed by atoms with E-state index in [1.165, 1.54) is 0 Å². The minimum Gasteiger partial charge on any atom is -0.545 e. The maximum atomic E-state index is 12.2. The van der Waals surface area contributed by atoms with Crippen LogP contribution in [0, 0.1) is 0 Å². The molecule has 0 aliphatic rings. The van der Waals surface area contributed by atoms with Crippen LogP contribution in [-0.4, -0.2) is 17.7 Å². The average molecular weight is 294 g/mol. The molecular weight excluding hydrogens is 282 g/mol. The van der Waals surface area contributed by atoms with Crippen LogP contribution < -0.4 is 10.4 Å². The smallest absolute Gasteiger partial charge is 0.248 e. The van der Waals surface area contributed by atoms with Crippen LogP contribution in [-0.2, 0) is 9.59 Å². The quantitative estimate of drug-likeness (QED) is 0.662. The van der Waals surface area contributed by atoms with Crippen molar-refractivity contribution in [1.82, 2.24) is 0 Å². The SMILES string of the molecule is O=C([O-])/C=C\C(=O)Nc1ccc(C(=O)c2ccccc2)cc1. The Morgan fingerprint density at radius 1 is 0.818 bits per heavy atom. The van der Waals surface area contributed by atoms with E-state index in [0.717, 1.165) is 6.08 Å². The summed E-state index contributed by atoms with van der Waals surface area (Å²) >= 11 is 0. The Bertz CT molecular complexity index is 718. The van der Waals surface area contributed by atoms with Gasteiger partial charge < -0.3 is 15.2 Å². The van der Waals surface area contributed by atoms with E-state index in [2.05, 4.69) is 5.32 Å². The Morgan fingerprint density at radius 3 is 2.00 bits per heavy atom.